The van der Waals surface area contributed by atoms with Gasteiger partial charge in [-0.1, -0.05) is 34.8 Å². The molecule has 0 bridgehead atoms. The van der Waals surface area contributed by atoms with Crippen LogP contribution in [0, 0.1) is 0 Å². The van der Waals surface area contributed by atoms with Crippen LogP contribution in [0.4, 0.5) is 0 Å². The van der Waals surface area contributed by atoms with Crippen LogP contribution in [0.15, 0.2) is 0 Å². The number of amides is 1. The Morgan fingerprint density at radius 3 is 2.20 bits per heavy atom. The Bertz CT molecular complexity index is 364. The molecule has 5 nitrogen and oxygen atoms in total. The molecule has 0 radical (unpaired) electrons. The van der Waals surface area contributed by atoms with Crippen LogP contribution in [0.1, 0.15) is 0 Å². The summed E-state index contributed by atoms with van der Waals surface area (Å²) >= 11 is 16.0. The molecule has 1 saturated heterocycles. The Morgan fingerprint density at radius 2 is 1.87 bits per heavy atom. The zero-order valence-electron chi connectivity index (χ0n) is 7.54. The molecule has 0 aromatic rings. The van der Waals surface area contributed by atoms with Crippen molar-refractivity contribution < 1.29 is 18.9 Å². The van der Waals surface area contributed by atoms with Crippen molar-refractivity contribution in [3.05, 3.63) is 0 Å². The number of halogens is 3. The lowest BCUT2D eigenvalue weighted by Gasteiger charge is -2.16. The molecule has 9 heteroatoms. The summed E-state index contributed by atoms with van der Waals surface area (Å²) in [5.74, 6) is -1.05. The fraction of sp³-hybridized carbons (Fsp3) is 0.833. The first-order valence-corrected chi connectivity index (χ1v) is 6.98. The van der Waals surface area contributed by atoms with E-state index in [2.05, 4.69) is 11.1 Å². The van der Waals surface area contributed by atoms with Crippen LogP contribution >= 0.6 is 34.8 Å². The van der Waals surface area contributed by atoms with Gasteiger partial charge in [0, 0.05) is 0 Å². The van der Waals surface area contributed by atoms with Gasteiger partial charge in [0.05, 0.1) is 11.8 Å². The van der Waals surface area contributed by atoms with Crippen molar-refractivity contribution in [2.24, 2.45) is 0 Å². The first-order chi connectivity index (χ1) is 6.62. The summed E-state index contributed by atoms with van der Waals surface area (Å²) < 4.78 is 20.3. The van der Waals surface area contributed by atoms with E-state index in [1.807, 2.05) is 0 Å². The number of carbonyl (C=O) groups excluding carboxylic acids is 1. The van der Waals surface area contributed by atoms with Gasteiger partial charge in [0.2, 0.25) is 0 Å². The van der Waals surface area contributed by atoms with Crippen molar-refractivity contribution in [1.82, 2.24) is 5.32 Å². The van der Waals surface area contributed by atoms with Gasteiger partial charge < -0.3 is 11.1 Å². The van der Waals surface area contributed by atoms with Gasteiger partial charge in [-0.25, -0.2) is 8.42 Å². The van der Waals surface area contributed by atoms with Crippen molar-refractivity contribution in [3.63, 3.8) is 0 Å². The highest BCUT2D eigenvalue weighted by Crippen LogP contribution is 2.26. The van der Waals surface area contributed by atoms with Crippen LogP contribution in [-0.2, 0) is 14.6 Å². The number of rotatable bonds is 1. The molecule has 15 heavy (non-hydrogen) atoms. The summed E-state index contributed by atoms with van der Waals surface area (Å²) in [6, 6.07) is -0.996. The maximum atomic E-state index is 11.2. The molecule has 1 rings (SSSR count). The number of hydrogen-bond acceptors (Lipinski definition) is 3. The van der Waals surface area contributed by atoms with Crippen molar-refractivity contribution in [3.8, 4) is 0 Å². The van der Waals surface area contributed by atoms with E-state index in [4.69, 9.17) is 34.8 Å². The van der Waals surface area contributed by atoms with E-state index >= 15 is 0 Å². The summed E-state index contributed by atoms with van der Waals surface area (Å²) in [4.78, 5) is 11.2. The minimum atomic E-state index is -3.14. The number of quaternary nitrogens is 1. The molecule has 0 aliphatic carbocycles. The molecule has 0 aromatic carbocycles. The van der Waals surface area contributed by atoms with E-state index in [-0.39, 0.29) is 11.5 Å². The monoisotopic (exact) mass is 295 g/mol. The fourth-order valence-corrected chi connectivity index (χ4v) is 3.42. The average molecular weight is 297 g/mol. The van der Waals surface area contributed by atoms with E-state index in [0.29, 0.717) is 0 Å². The minimum Gasteiger partial charge on any atom is -0.353 e. The molecule has 0 spiro atoms. The molecular formula is C6H10Cl3N2O3S+. The Balaban J connectivity index is 2.66. The third kappa shape index (κ3) is 3.64. The van der Waals surface area contributed by atoms with Gasteiger partial charge in [-0.15, -0.1) is 0 Å². The predicted octanol–water partition coefficient (Wildman–Crippen LogP) is -1.12. The smallest absolute Gasteiger partial charge is 0.272 e. The van der Waals surface area contributed by atoms with E-state index in [9.17, 15) is 13.2 Å². The highest BCUT2D eigenvalue weighted by molar-refractivity contribution is 7.91. The number of carbonyl (C=O) groups is 1. The van der Waals surface area contributed by atoms with Crippen LogP contribution in [0.25, 0.3) is 0 Å². The lowest BCUT2D eigenvalue weighted by Crippen LogP contribution is -2.69. The highest BCUT2D eigenvalue weighted by Gasteiger charge is 2.42. The van der Waals surface area contributed by atoms with Gasteiger partial charge in [-0.2, -0.15) is 0 Å². The molecule has 4 N–H and O–H groups in total. The second-order valence-electron chi connectivity index (χ2n) is 3.41. The standard InChI is InChI=1S/C6H9Cl3N2O3S/c7-6(8,9)5(12)11-4-2-15(13,14)1-3(4)10/h3-4H,1-2,10H2,(H,11,12)/p+1/t3-,4-/m1/s1. The maximum absolute atomic E-state index is 11.2. The predicted molar refractivity (Wildman–Crippen MR) is 57.6 cm³/mol. The zero-order valence-corrected chi connectivity index (χ0v) is 10.6. The molecule has 2 atom stereocenters. The van der Waals surface area contributed by atoms with E-state index < -0.39 is 31.6 Å². The van der Waals surface area contributed by atoms with Crippen molar-refractivity contribution in [1.29, 1.82) is 0 Å². The number of sulfone groups is 1. The van der Waals surface area contributed by atoms with Gasteiger partial charge in [0.25, 0.3) is 9.70 Å². The number of nitrogens with one attached hydrogen (secondary N) is 1. The molecule has 1 fully saturated rings. The Kier molecular flexibility index (Phi) is 3.78. The molecule has 1 amide bonds. The third-order valence-electron chi connectivity index (χ3n) is 2.04. The van der Waals surface area contributed by atoms with Crippen molar-refractivity contribution in [2.75, 3.05) is 11.5 Å². The SMILES string of the molecule is [NH3+][C@@H]1CS(=O)(=O)C[C@H]1NC(=O)C(Cl)(Cl)Cl. The van der Waals surface area contributed by atoms with E-state index in [1.54, 1.807) is 0 Å². The highest BCUT2D eigenvalue weighted by atomic mass is 35.6. The minimum absolute atomic E-state index is 0.0577. The fourth-order valence-electron chi connectivity index (χ4n) is 1.33. The normalized spacial score (nSPS) is 30.1. The lowest BCUT2D eigenvalue weighted by molar-refractivity contribution is -0.415. The van der Waals surface area contributed by atoms with Gasteiger partial charge >= 0.3 is 0 Å². The third-order valence-corrected chi connectivity index (χ3v) is 4.36. The lowest BCUT2D eigenvalue weighted by atomic mass is 10.2. The average Bonchev–Trinajstić information content (AvgIpc) is 2.22. The van der Waals surface area contributed by atoms with Crippen molar-refractivity contribution in [2.45, 2.75) is 15.9 Å². The molecule has 0 saturated carbocycles. The Morgan fingerprint density at radius 1 is 1.33 bits per heavy atom. The molecule has 0 unspecified atom stereocenters. The first kappa shape index (κ1) is 13.3. The van der Waals surface area contributed by atoms with Crippen LogP contribution in [0.5, 0.6) is 0 Å². The molecule has 1 aliphatic heterocycles. The number of hydrogen-bond donors (Lipinski definition) is 2. The quantitative estimate of drug-likeness (QED) is 0.601. The van der Waals surface area contributed by atoms with Crippen LogP contribution in [0.3, 0.4) is 0 Å². The van der Waals surface area contributed by atoms with Crippen LogP contribution in [0.2, 0.25) is 0 Å². The summed E-state index contributed by atoms with van der Waals surface area (Å²) in [6.45, 7) is 0. The Hall–Kier alpha value is 0.250. The van der Waals surface area contributed by atoms with Gasteiger partial charge in [0.1, 0.15) is 11.8 Å². The van der Waals surface area contributed by atoms with E-state index in [0.717, 1.165) is 0 Å². The van der Waals surface area contributed by atoms with Crippen LogP contribution in [-0.4, -0.2) is 41.7 Å². The summed E-state index contributed by atoms with van der Waals surface area (Å²) in [7, 11) is -3.14. The Labute approximate surface area is 102 Å². The number of alkyl halides is 3. The molecular weight excluding hydrogens is 287 g/mol. The zero-order chi connectivity index (χ0) is 11.9. The van der Waals surface area contributed by atoms with Gasteiger partial charge in [0.15, 0.2) is 9.84 Å². The van der Waals surface area contributed by atoms with Crippen LogP contribution < -0.4 is 11.1 Å². The summed E-state index contributed by atoms with van der Waals surface area (Å²) in [5.41, 5.74) is 3.63. The molecule has 88 valence electrons. The van der Waals surface area contributed by atoms with Gasteiger partial charge in [-0.3, -0.25) is 4.79 Å². The van der Waals surface area contributed by atoms with Gasteiger partial charge in [-0.05, 0) is 0 Å². The first-order valence-electron chi connectivity index (χ1n) is 4.03. The maximum Gasteiger partial charge on any atom is 0.272 e. The van der Waals surface area contributed by atoms with E-state index in [1.165, 1.54) is 0 Å². The molecule has 1 aliphatic rings. The molecule has 0 aromatic heterocycles. The second kappa shape index (κ2) is 4.25. The van der Waals surface area contributed by atoms with Crippen molar-refractivity contribution >= 4 is 50.5 Å². The second-order valence-corrected chi connectivity index (χ2v) is 7.85. The summed E-state index contributed by atoms with van der Waals surface area (Å²) in [6.07, 6.45) is 0. The summed E-state index contributed by atoms with van der Waals surface area (Å²) in [5, 5.41) is 2.35. The molecule has 1 heterocycles. The topological polar surface area (TPSA) is 90.9 Å². The largest absolute Gasteiger partial charge is 0.353 e.